The van der Waals surface area contributed by atoms with Crippen LogP contribution in [-0.4, -0.2) is 139 Å². The third-order valence-electron chi connectivity index (χ3n) is 9.12. The van der Waals surface area contributed by atoms with E-state index in [1.54, 1.807) is 43.0 Å². The van der Waals surface area contributed by atoms with E-state index in [2.05, 4.69) is 22.7 Å². The first kappa shape index (κ1) is 45.0. The molecule has 0 bridgehead atoms. The molecule has 3 heterocycles. The Morgan fingerprint density at radius 1 is 1.00 bits per heavy atom. The zero-order valence-electron chi connectivity index (χ0n) is 32.1. The Kier molecular flexibility index (Phi) is 16.7. The number of likely N-dealkylation sites (tertiary alicyclic amines) is 1. The number of rotatable bonds is 16. The molecule has 18 heteroatoms. The highest BCUT2D eigenvalue weighted by Gasteiger charge is 2.38. The van der Waals surface area contributed by atoms with Crippen molar-refractivity contribution in [1.82, 2.24) is 25.4 Å². The minimum absolute atomic E-state index is 0. The number of aromatic nitrogens is 1. The summed E-state index contributed by atoms with van der Waals surface area (Å²) in [6, 6.07) is 5.86. The summed E-state index contributed by atoms with van der Waals surface area (Å²) >= 11 is 0. The fourth-order valence-electron chi connectivity index (χ4n) is 6.35. The number of fused-ring (bicyclic) bond motifs is 1. The summed E-state index contributed by atoms with van der Waals surface area (Å²) in [5, 5.41) is 5.52. The number of quaternary nitrogens is 1. The number of piperazine rings is 1. The molecule has 0 saturated carbocycles. The SMILES string of the molecule is CCOP(=O)(CNC(=O)C(=O)[C@@H]1CCCN1C(=O)CNC(=O)c1ccnc2ccc(OCCC[N+]3(C)CCN(C(=O)OC(C)(C)C)CC3)cc12)OCC.[I-]. The number of halogens is 1. The second-order valence-electron chi connectivity index (χ2n) is 14.4. The van der Waals surface area contributed by atoms with E-state index in [1.807, 2.05) is 20.8 Å². The van der Waals surface area contributed by atoms with Gasteiger partial charge in [-0.05, 0) is 71.7 Å². The summed E-state index contributed by atoms with van der Waals surface area (Å²) in [5.41, 5.74) is 0.350. The van der Waals surface area contributed by atoms with Gasteiger partial charge in [0.1, 0.15) is 23.7 Å². The number of pyridine rings is 1. The molecule has 2 N–H and O–H groups in total. The molecule has 0 spiro atoms. The van der Waals surface area contributed by atoms with Crippen molar-refractivity contribution in [3.63, 3.8) is 0 Å². The number of carbonyl (C=O) groups excluding carboxylic acids is 5. The first-order valence-electron chi connectivity index (χ1n) is 18.2. The molecular weight excluding hydrogens is 834 g/mol. The van der Waals surface area contributed by atoms with Crippen molar-refractivity contribution in [2.75, 3.05) is 79.0 Å². The molecule has 2 aliphatic rings. The Bertz CT molecular complexity index is 1690. The summed E-state index contributed by atoms with van der Waals surface area (Å²) in [5.74, 6) is -2.28. The van der Waals surface area contributed by atoms with Crippen LogP contribution >= 0.6 is 7.60 Å². The van der Waals surface area contributed by atoms with Crippen molar-refractivity contribution in [2.24, 2.45) is 0 Å². The Labute approximate surface area is 334 Å². The van der Waals surface area contributed by atoms with Crippen LogP contribution in [0, 0.1) is 0 Å². The van der Waals surface area contributed by atoms with Crippen LogP contribution in [-0.2, 0) is 32.7 Å². The maximum atomic E-state index is 13.3. The van der Waals surface area contributed by atoms with Crippen LogP contribution in [0.2, 0.25) is 0 Å². The molecule has 16 nitrogen and oxygen atoms in total. The lowest BCUT2D eigenvalue weighted by molar-refractivity contribution is -0.913. The van der Waals surface area contributed by atoms with E-state index in [1.165, 1.54) is 11.1 Å². The second-order valence-corrected chi connectivity index (χ2v) is 16.5. The minimum Gasteiger partial charge on any atom is -1.00 e. The number of nitrogens with one attached hydrogen (secondary N) is 2. The van der Waals surface area contributed by atoms with Crippen LogP contribution in [0.15, 0.2) is 30.5 Å². The summed E-state index contributed by atoms with van der Waals surface area (Å²) < 4.78 is 35.4. The van der Waals surface area contributed by atoms with Crippen molar-refractivity contribution >= 4 is 48.1 Å². The van der Waals surface area contributed by atoms with Crippen molar-refractivity contribution < 1.29 is 75.5 Å². The van der Waals surface area contributed by atoms with Gasteiger partial charge in [-0.2, -0.15) is 0 Å². The highest BCUT2D eigenvalue weighted by molar-refractivity contribution is 7.53. The van der Waals surface area contributed by atoms with Gasteiger partial charge in [-0.1, -0.05) is 0 Å². The summed E-state index contributed by atoms with van der Waals surface area (Å²) in [6.07, 6.45) is 2.33. The van der Waals surface area contributed by atoms with Crippen LogP contribution in [0.5, 0.6) is 5.75 Å². The predicted octanol–water partition coefficient (Wildman–Crippen LogP) is 0.335. The number of amides is 4. The van der Waals surface area contributed by atoms with Gasteiger partial charge in [-0.15, -0.1) is 0 Å². The van der Waals surface area contributed by atoms with E-state index in [-0.39, 0.29) is 62.8 Å². The zero-order valence-corrected chi connectivity index (χ0v) is 35.1. The average Bonchev–Trinajstić information content (AvgIpc) is 3.61. The van der Waals surface area contributed by atoms with E-state index in [9.17, 15) is 28.5 Å². The van der Waals surface area contributed by atoms with E-state index < -0.39 is 49.0 Å². The number of hydrogen-bond donors (Lipinski definition) is 2. The molecule has 1 atom stereocenters. The standard InChI is InChI=1S/C36H53N6O10P.HI/c1-7-50-53(48,51-8-2)25-39-34(46)32(44)30-11-9-16-41(30)31(43)24-38-33(45)27-14-15-37-29-13-12-26(23-28(27)29)49-22-10-19-42(6)20-17-40(18-21-42)35(47)52-36(3,4)5;/h12-15,23,30H,7-11,16-22,24-25H2,1-6H3,(H-,38,39,45,46);1H/t30-;/m0./s1. The lowest BCUT2D eigenvalue weighted by atomic mass is 10.1. The maximum Gasteiger partial charge on any atom is 0.410 e. The normalized spacial score (nSPS) is 17.0. The third kappa shape index (κ3) is 12.6. The van der Waals surface area contributed by atoms with Gasteiger partial charge < -0.3 is 62.5 Å². The molecule has 2 fully saturated rings. The number of Topliss-reactive ketones (excluding diaryl/α,β-unsaturated/α-hetero) is 1. The Balaban J connectivity index is 0.00000784. The Hall–Kier alpha value is -3.38. The number of hydrogen-bond acceptors (Lipinski definition) is 11. The smallest absolute Gasteiger partial charge is 0.410 e. The number of likely N-dealkylation sites (N-methyl/N-ethyl adjacent to an activating group) is 1. The molecule has 2 aliphatic heterocycles. The van der Waals surface area contributed by atoms with Crippen molar-refractivity contribution in [3.05, 3.63) is 36.0 Å². The molecule has 4 amide bonds. The largest absolute Gasteiger partial charge is 1.00 e. The van der Waals surface area contributed by atoms with Gasteiger partial charge in [0.15, 0.2) is 0 Å². The van der Waals surface area contributed by atoms with Crippen LogP contribution in [0.4, 0.5) is 4.79 Å². The second kappa shape index (κ2) is 20.0. The van der Waals surface area contributed by atoms with Gasteiger partial charge in [0.2, 0.25) is 11.7 Å². The van der Waals surface area contributed by atoms with Crippen LogP contribution in [0.25, 0.3) is 10.9 Å². The van der Waals surface area contributed by atoms with Gasteiger partial charge in [0.05, 0.1) is 77.2 Å². The zero-order chi connectivity index (χ0) is 38.8. The Morgan fingerprint density at radius 2 is 1.69 bits per heavy atom. The van der Waals surface area contributed by atoms with Gasteiger partial charge in [-0.25, -0.2) is 4.79 Å². The number of ketones is 1. The average molecular weight is 889 g/mol. The molecule has 2 aromatic rings. The van der Waals surface area contributed by atoms with Crippen LogP contribution < -0.4 is 39.3 Å². The quantitative estimate of drug-likeness (QED) is 0.0780. The fraction of sp³-hybridized carbons (Fsp3) is 0.611. The first-order chi connectivity index (χ1) is 25.1. The molecule has 1 aromatic heterocycles. The molecule has 300 valence electrons. The molecule has 2 saturated heterocycles. The molecule has 0 unspecified atom stereocenters. The van der Waals surface area contributed by atoms with Gasteiger partial charge in [-0.3, -0.25) is 33.6 Å². The number of nitrogens with zero attached hydrogens (tertiary/aromatic N) is 4. The topological polar surface area (TPSA) is 183 Å². The van der Waals surface area contributed by atoms with E-state index >= 15 is 0 Å². The fourth-order valence-corrected chi connectivity index (χ4v) is 7.73. The summed E-state index contributed by atoms with van der Waals surface area (Å²) in [4.78, 5) is 72.0. The van der Waals surface area contributed by atoms with Gasteiger partial charge >= 0.3 is 13.7 Å². The van der Waals surface area contributed by atoms with Crippen LogP contribution in [0.1, 0.15) is 64.2 Å². The van der Waals surface area contributed by atoms with Gasteiger partial charge in [0.25, 0.3) is 11.8 Å². The highest BCUT2D eigenvalue weighted by Crippen LogP contribution is 2.46. The van der Waals surface area contributed by atoms with Crippen molar-refractivity contribution in [1.29, 1.82) is 0 Å². The maximum absolute atomic E-state index is 13.3. The molecule has 0 aliphatic carbocycles. The molecular formula is C36H54IN6O10P. The molecule has 4 rings (SSSR count). The van der Waals surface area contributed by atoms with Crippen molar-refractivity contribution in [2.45, 2.75) is 65.5 Å². The minimum atomic E-state index is -3.61. The Morgan fingerprint density at radius 3 is 2.33 bits per heavy atom. The van der Waals surface area contributed by atoms with Gasteiger partial charge in [0, 0.05) is 24.5 Å². The predicted molar refractivity (Wildman–Crippen MR) is 196 cm³/mol. The number of benzene rings is 1. The number of ether oxygens (including phenoxy) is 2. The first-order valence-corrected chi connectivity index (χ1v) is 19.9. The number of carbonyl (C=O) groups is 5. The van der Waals surface area contributed by atoms with Crippen LogP contribution in [0.3, 0.4) is 0 Å². The van der Waals surface area contributed by atoms with Crippen molar-refractivity contribution in [3.8, 4) is 5.75 Å². The monoisotopic (exact) mass is 888 g/mol. The summed E-state index contributed by atoms with van der Waals surface area (Å²) in [6.45, 7) is 13.1. The third-order valence-corrected chi connectivity index (χ3v) is 11.0. The lowest BCUT2D eigenvalue weighted by Crippen LogP contribution is -3.00. The molecule has 1 aromatic carbocycles. The lowest BCUT2D eigenvalue weighted by Gasteiger charge is -2.42. The van der Waals surface area contributed by atoms with E-state index in [4.69, 9.17) is 18.5 Å². The summed E-state index contributed by atoms with van der Waals surface area (Å²) in [7, 11) is -1.44. The van der Waals surface area contributed by atoms with E-state index in [0.29, 0.717) is 48.3 Å². The highest BCUT2D eigenvalue weighted by atomic mass is 127. The molecule has 54 heavy (non-hydrogen) atoms. The van der Waals surface area contributed by atoms with E-state index in [0.717, 1.165) is 30.5 Å². The molecule has 0 radical (unpaired) electrons.